The molecule has 3 N–H and O–H groups in total. The van der Waals surface area contributed by atoms with E-state index < -0.39 is 0 Å². The van der Waals surface area contributed by atoms with Gasteiger partial charge in [-0.3, -0.25) is 14.5 Å². The number of aromatic nitrogens is 1. The Balaban J connectivity index is 2.43. The minimum Gasteiger partial charge on any atom is -0.398 e. The molecule has 1 aromatic rings. The van der Waals surface area contributed by atoms with Crippen molar-refractivity contribution in [2.24, 2.45) is 0 Å². The fraction of sp³-hybridized carbons (Fsp3) is 0.600. The Kier molecular flexibility index (Phi) is 6.94. The van der Waals surface area contributed by atoms with E-state index in [2.05, 4.69) is 10.2 Å². The SMILES string of the molecule is CCN(CCCn1cc(N)ccc1=O)CC(=O)NC(C)C. The fourth-order valence-electron chi connectivity index (χ4n) is 2.11. The summed E-state index contributed by atoms with van der Waals surface area (Å²) in [4.78, 5) is 25.4. The first kappa shape index (κ1) is 17.2. The van der Waals surface area contributed by atoms with Crippen LogP contribution in [0.3, 0.4) is 0 Å². The molecular formula is C15H26N4O2. The molecule has 0 aliphatic rings. The third kappa shape index (κ3) is 6.44. The molecular weight excluding hydrogens is 268 g/mol. The van der Waals surface area contributed by atoms with E-state index in [0.717, 1.165) is 19.5 Å². The molecule has 0 unspecified atom stereocenters. The van der Waals surface area contributed by atoms with Gasteiger partial charge in [0.25, 0.3) is 5.56 Å². The van der Waals surface area contributed by atoms with Crippen molar-refractivity contribution in [1.82, 2.24) is 14.8 Å². The number of nitrogens with one attached hydrogen (secondary N) is 1. The molecule has 1 amide bonds. The second kappa shape index (κ2) is 8.46. The smallest absolute Gasteiger partial charge is 0.250 e. The van der Waals surface area contributed by atoms with Gasteiger partial charge in [0.15, 0.2) is 0 Å². The first-order chi connectivity index (χ1) is 9.92. The minimum absolute atomic E-state index is 0.0352. The lowest BCUT2D eigenvalue weighted by Crippen LogP contribution is -2.40. The molecule has 21 heavy (non-hydrogen) atoms. The van der Waals surface area contributed by atoms with Crippen molar-refractivity contribution in [2.75, 3.05) is 25.4 Å². The molecule has 1 heterocycles. The summed E-state index contributed by atoms with van der Waals surface area (Å²) < 4.78 is 1.61. The molecule has 1 rings (SSSR count). The number of nitrogens with zero attached hydrogens (tertiary/aromatic N) is 2. The number of pyridine rings is 1. The van der Waals surface area contributed by atoms with E-state index in [4.69, 9.17) is 5.73 Å². The number of aryl methyl sites for hydroxylation is 1. The summed E-state index contributed by atoms with van der Waals surface area (Å²) in [6, 6.07) is 3.23. The molecule has 0 fully saturated rings. The van der Waals surface area contributed by atoms with E-state index in [1.165, 1.54) is 6.07 Å². The molecule has 0 saturated heterocycles. The Morgan fingerprint density at radius 2 is 2.14 bits per heavy atom. The molecule has 0 aromatic carbocycles. The molecule has 0 aliphatic carbocycles. The van der Waals surface area contributed by atoms with Crippen molar-refractivity contribution >= 4 is 11.6 Å². The largest absolute Gasteiger partial charge is 0.398 e. The predicted octanol–water partition coefficient (Wildman–Crippen LogP) is 0.667. The Labute approximate surface area is 125 Å². The highest BCUT2D eigenvalue weighted by molar-refractivity contribution is 5.78. The van der Waals surface area contributed by atoms with Gasteiger partial charge in [0.2, 0.25) is 5.91 Å². The van der Waals surface area contributed by atoms with Crippen molar-refractivity contribution < 1.29 is 4.79 Å². The average molecular weight is 294 g/mol. The first-order valence-corrected chi connectivity index (χ1v) is 7.40. The highest BCUT2D eigenvalue weighted by atomic mass is 16.2. The van der Waals surface area contributed by atoms with Gasteiger partial charge in [0.1, 0.15) is 0 Å². The highest BCUT2D eigenvalue weighted by Crippen LogP contribution is 1.99. The zero-order chi connectivity index (χ0) is 15.8. The van der Waals surface area contributed by atoms with Gasteiger partial charge in [-0.15, -0.1) is 0 Å². The van der Waals surface area contributed by atoms with E-state index >= 15 is 0 Å². The molecule has 6 nitrogen and oxygen atoms in total. The molecule has 0 saturated carbocycles. The van der Waals surface area contributed by atoms with Gasteiger partial charge in [-0.1, -0.05) is 6.92 Å². The second-order valence-corrected chi connectivity index (χ2v) is 5.44. The van der Waals surface area contributed by atoms with Crippen LogP contribution in [0.4, 0.5) is 5.69 Å². The van der Waals surface area contributed by atoms with Crippen molar-refractivity contribution in [3.05, 3.63) is 28.7 Å². The van der Waals surface area contributed by atoms with Crippen LogP contribution in [0.1, 0.15) is 27.2 Å². The third-order valence-electron chi connectivity index (χ3n) is 3.14. The maximum absolute atomic E-state index is 11.7. The molecule has 0 aliphatic heterocycles. The Bertz CT molecular complexity index is 511. The number of amides is 1. The predicted molar refractivity (Wildman–Crippen MR) is 85.1 cm³/mol. The third-order valence-corrected chi connectivity index (χ3v) is 3.14. The van der Waals surface area contributed by atoms with Gasteiger partial charge in [0.05, 0.1) is 6.54 Å². The Hall–Kier alpha value is -1.82. The fourth-order valence-corrected chi connectivity index (χ4v) is 2.11. The lowest BCUT2D eigenvalue weighted by Gasteiger charge is -2.20. The van der Waals surface area contributed by atoms with Crippen LogP contribution < -0.4 is 16.6 Å². The number of carbonyl (C=O) groups excluding carboxylic acids is 1. The van der Waals surface area contributed by atoms with Gasteiger partial charge in [-0.05, 0) is 32.9 Å². The molecule has 0 bridgehead atoms. The summed E-state index contributed by atoms with van der Waals surface area (Å²) in [6.07, 6.45) is 2.45. The van der Waals surface area contributed by atoms with E-state index in [-0.39, 0.29) is 17.5 Å². The molecule has 0 spiro atoms. The van der Waals surface area contributed by atoms with Crippen molar-refractivity contribution in [1.29, 1.82) is 0 Å². The zero-order valence-corrected chi connectivity index (χ0v) is 13.1. The maximum Gasteiger partial charge on any atom is 0.250 e. The minimum atomic E-state index is -0.0511. The lowest BCUT2D eigenvalue weighted by molar-refractivity contribution is -0.122. The summed E-state index contributed by atoms with van der Waals surface area (Å²) in [5, 5.41) is 2.88. The Morgan fingerprint density at radius 3 is 2.76 bits per heavy atom. The first-order valence-electron chi connectivity index (χ1n) is 7.40. The summed E-state index contributed by atoms with van der Waals surface area (Å²) in [6.45, 7) is 8.48. The number of rotatable bonds is 8. The van der Waals surface area contributed by atoms with E-state index in [9.17, 15) is 9.59 Å². The van der Waals surface area contributed by atoms with Crippen LogP contribution in [0, 0.1) is 0 Å². The van der Waals surface area contributed by atoms with Crippen molar-refractivity contribution in [2.45, 2.75) is 39.8 Å². The van der Waals surface area contributed by atoms with Crippen LogP contribution in [0.2, 0.25) is 0 Å². The number of hydrogen-bond donors (Lipinski definition) is 2. The van der Waals surface area contributed by atoms with Gasteiger partial charge in [-0.2, -0.15) is 0 Å². The number of nitrogen functional groups attached to an aromatic ring is 1. The lowest BCUT2D eigenvalue weighted by atomic mass is 10.3. The molecule has 0 radical (unpaired) electrons. The maximum atomic E-state index is 11.7. The molecule has 0 atom stereocenters. The van der Waals surface area contributed by atoms with Gasteiger partial charge < -0.3 is 15.6 Å². The normalized spacial score (nSPS) is 11.1. The molecule has 1 aromatic heterocycles. The zero-order valence-electron chi connectivity index (χ0n) is 13.1. The van der Waals surface area contributed by atoms with Crippen LogP contribution in [0.15, 0.2) is 23.1 Å². The number of anilines is 1. The van der Waals surface area contributed by atoms with Crippen LogP contribution in [0.25, 0.3) is 0 Å². The highest BCUT2D eigenvalue weighted by Gasteiger charge is 2.09. The number of likely N-dealkylation sites (N-methyl/N-ethyl adjacent to an activating group) is 1. The van der Waals surface area contributed by atoms with Crippen LogP contribution in [-0.2, 0) is 11.3 Å². The Morgan fingerprint density at radius 1 is 1.43 bits per heavy atom. The van der Waals surface area contributed by atoms with Gasteiger partial charge in [-0.25, -0.2) is 0 Å². The quantitative estimate of drug-likeness (QED) is 0.738. The van der Waals surface area contributed by atoms with Crippen molar-refractivity contribution in [3.63, 3.8) is 0 Å². The van der Waals surface area contributed by atoms with E-state index in [1.54, 1.807) is 16.8 Å². The van der Waals surface area contributed by atoms with E-state index in [1.807, 2.05) is 20.8 Å². The second-order valence-electron chi connectivity index (χ2n) is 5.44. The van der Waals surface area contributed by atoms with Crippen LogP contribution >= 0.6 is 0 Å². The van der Waals surface area contributed by atoms with Gasteiger partial charge >= 0.3 is 0 Å². The molecule has 6 heteroatoms. The standard InChI is InChI=1S/C15H26N4O2/c1-4-18(11-14(20)17-12(2)3)8-5-9-19-10-13(16)6-7-15(19)21/h6-7,10,12H,4-5,8-9,11,16H2,1-3H3,(H,17,20). The van der Waals surface area contributed by atoms with Crippen LogP contribution in [-0.4, -0.2) is 41.1 Å². The monoisotopic (exact) mass is 294 g/mol. The number of nitrogens with two attached hydrogens (primary N) is 1. The summed E-state index contributed by atoms with van der Waals surface area (Å²) in [5.74, 6) is 0.0352. The topological polar surface area (TPSA) is 80.4 Å². The van der Waals surface area contributed by atoms with E-state index in [0.29, 0.717) is 18.8 Å². The van der Waals surface area contributed by atoms with Gasteiger partial charge in [0, 0.05) is 37.1 Å². The number of hydrogen-bond acceptors (Lipinski definition) is 4. The average Bonchev–Trinajstić information content (AvgIpc) is 2.40. The van der Waals surface area contributed by atoms with Crippen molar-refractivity contribution in [3.8, 4) is 0 Å². The summed E-state index contributed by atoms with van der Waals surface area (Å²) in [5.41, 5.74) is 6.20. The summed E-state index contributed by atoms with van der Waals surface area (Å²) >= 11 is 0. The van der Waals surface area contributed by atoms with Crippen LogP contribution in [0.5, 0.6) is 0 Å². The summed E-state index contributed by atoms with van der Waals surface area (Å²) in [7, 11) is 0. The number of carbonyl (C=O) groups is 1. The molecule has 118 valence electrons.